The van der Waals surface area contributed by atoms with Crippen LogP contribution in [0.2, 0.25) is 0 Å². The van der Waals surface area contributed by atoms with Crippen molar-refractivity contribution in [2.45, 2.75) is 12.6 Å². The van der Waals surface area contributed by atoms with Gasteiger partial charge >= 0.3 is 18.1 Å². The lowest BCUT2D eigenvalue weighted by molar-refractivity contribution is -0.185. The number of fused-ring (bicyclic) bond motifs is 1. The number of alkyl halides is 3. The summed E-state index contributed by atoms with van der Waals surface area (Å²) >= 11 is 0. The molecular formula is C10H12F3NO4. The molecule has 0 unspecified atom stereocenters. The zero-order chi connectivity index (χ0) is 13.6. The van der Waals surface area contributed by atoms with Crippen molar-refractivity contribution in [2.24, 2.45) is 11.3 Å². The van der Waals surface area contributed by atoms with Gasteiger partial charge in [-0.05, 0) is 6.42 Å². The standard InChI is InChI=1S/C10H12F3NO4/c11-10(12,13)7(15)14-3-6-4-18-2-1-9(6,5-14)8(16)17/h6H,1-5H2,(H,16,17)/t6-,9+/m0/s1. The number of carboxylic acids is 1. The largest absolute Gasteiger partial charge is 0.481 e. The van der Waals surface area contributed by atoms with Crippen LogP contribution in [0.3, 0.4) is 0 Å². The SMILES string of the molecule is O=C(N1C[C@H]2COCC[C@@]2(C(=O)O)C1)C(F)(F)F. The van der Waals surface area contributed by atoms with Gasteiger partial charge in [0, 0.05) is 25.6 Å². The molecule has 0 saturated carbocycles. The lowest BCUT2D eigenvalue weighted by Crippen LogP contribution is -2.45. The van der Waals surface area contributed by atoms with Crippen molar-refractivity contribution < 1.29 is 32.6 Å². The van der Waals surface area contributed by atoms with Crippen LogP contribution in [-0.4, -0.2) is 54.4 Å². The average Bonchev–Trinajstić information content (AvgIpc) is 2.67. The van der Waals surface area contributed by atoms with Crippen LogP contribution in [0.5, 0.6) is 0 Å². The van der Waals surface area contributed by atoms with Crippen LogP contribution in [0.1, 0.15) is 6.42 Å². The van der Waals surface area contributed by atoms with Gasteiger partial charge in [-0.15, -0.1) is 0 Å². The first-order chi connectivity index (χ1) is 8.27. The minimum atomic E-state index is -4.96. The van der Waals surface area contributed by atoms with Gasteiger partial charge < -0.3 is 14.7 Å². The maximum Gasteiger partial charge on any atom is 0.471 e. The highest BCUT2D eigenvalue weighted by atomic mass is 19.4. The number of likely N-dealkylation sites (tertiary alicyclic amines) is 1. The number of rotatable bonds is 1. The molecule has 0 bridgehead atoms. The second kappa shape index (κ2) is 4.11. The highest BCUT2D eigenvalue weighted by Crippen LogP contribution is 2.43. The minimum Gasteiger partial charge on any atom is -0.481 e. The molecule has 1 N–H and O–H groups in total. The van der Waals surface area contributed by atoms with Crippen molar-refractivity contribution in [1.29, 1.82) is 0 Å². The molecule has 0 aliphatic carbocycles. The van der Waals surface area contributed by atoms with Crippen molar-refractivity contribution in [2.75, 3.05) is 26.3 Å². The Balaban J connectivity index is 2.22. The van der Waals surface area contributed by atoms with Gasteiger partial charge in [0.15, 0.2) is 0 Å². The number of hydrogen-bond donors (Lipinski definition) is 1. The fourth-order valence-corrected chi connectivity index (χ4v) is 2.63. The molecule has 5 nitrogen and oxygen atoms in total. The Morgan fingerprint density at radius 3 is 2.56 bits per heavy atom. The first kappa shape index (κ1) is 13.1. The molecule has 2 fully saturated rings. The van der Waals surface area contributed by atoms with Gasteiger partial charge in [0.25, 0.3) is 0 Å². The summed E-state index contributed by atoms with van der Waals surface area (Å²) in [5.74, 6) is -3.71. The number of hydrogen-bond acceptors (Lipinski definition) is 3. The van der Waals surface area contributed by atoms with Crippen LogP contribution in [0.25, 0.3) is 0 Å². The van der Waals surface area contributed by atoms with Crippen molar-refractivity contribution in [3.8, 4) is 0 Å². The molecule has 0 radical (unpaired) electrons. The highest BCUT2D eigenvalue weighted by Gasteiger charge is 2.57. The first-order valence-electron chi connectivity index (χ1n) is 5.44. The number of ether oxygens (including phenoxy) is 1. The van der Waals surface area contributed by atoms with E-state index >= 15 is 0 Å². The molecule has 2 atom stereocenters. The van der Waals surface area contributed by atoms with E-state index in [1.165, 1.54) is 0 Å². The maximum absolute atomic E-state index is 12.3. The van der Waals surface area contributed by atoms with Crippen molar-refractivity contribution >= 4 is 11.9 Å². The van der Waals surface area contributed by atoms with Gasteiger partial charge in [0.2, 0.25) is 0 Å². The summed E-state index contributed by atoms with van der Waals surface area (Å²) in [5, 5.41) is 9.23. The zero-order valence-corrected chi connectivity index (χ0v) is 9.37. The molecule has 2 rings (SSSR count). The molecule has 8 heteroatoms. The van der Waals surface area contributed by atoms with E-state index in [2.05, 4.69) is 0 Å². The number of carbonyl (C=O) groups excluding carboxylic acids is 1. The minimum absolute atomic E-state index is 0.0773. The summed E-state index contributed by atoms with van der Waals surface area (Å²) in [5.41, 5.74) is -1.29. The third-order valence-corrected chi connectivity index (χ3v) is 3.66. The molecule has 2 aliphatic rings. The molecule has 0 aromatic heterocycles. The molecule has 1 amide bonds. The Morgan fingerprint density at radius 2 is 2.06 bits per heavy atom. The number of carbonyl (C=O) groups is 2. The average molecular weight is 267 g/mol. The van der Waals surface area contributed by atoms with E-state index in [0.29, 0.717) is 4.90 Å². The van der Waals surface area contributed by atoms with Gasteiger partial charge in [-0.25, -0.2) is 0 Å². The first-order valence-corrected chi connectivity index (χ1v) is 5.44. The van der Waals surface area contributed by atoms with E-state index in [1.54, 1.807) is 0 Å². The summed E-state index contributed by atoms with van der Waals surface area (Å²) in [4.78, 5) is 23.0. The number of amides is 1. The summed E-state index contributed by atoms with van der Waals surface area (Å²) in [6.07, 6.45) is -4.83. The van der Waals surface area contributed by atoms with Crippen molar-refractivity contribution in [3.05, 3.63) is 0 Å². The van der Waals surface area contributed by atoms with Crippen LogP contribution in [0.15, 0.2) is 0 Å². The normalized spacial score (nSPS) is 32.2. The molecule has 0 aromatic carbocycles. The van der Waals surface area contributed by atoms with Gasteiger partial charge in [0.05, 0.1) is 12.0 Å². The fraction of sp³-hybridized carbons (Fsp3) is 0.800. The number of carboxylic acid groups (broad SMARTS) is 1. The number of halogens is 3. The summed E-state index contributed by atoms with van der Waals surface area (Å²) in [7, 11) is 0. The molecular weight excluding hydrogens is 255 g/mol. The smallest absolute Gasteiger partial charge is 0.471 e. The third kappa shape index (κ3) is 1.94. The van der Waals surface area contributed by atoms with Gasteiger partial charge in [0.1, 0.15) is 0 Å². The third-order valence-electron chi connectivity index (χ3n) is 3.66. The summed E-state index contributed by atoms with van der Waals surface area (Å²) < 4.78 is 42.1. The number of aliphatic carboxylic acids is 1. The Morgan fingerprint density at radius 1 is 1.39 bits per heavy atom. The van der Waals surface area contributed by atoms with E-state index in [4.69, 9.17) is 4.74 Å². The van der Waals surface area contributed by atoms with Gasteiger partial charge in [-0.1, -0.05) is 0 Å². The van der Waals surface area contributed by atoms with Crippen molar-refractivity contribution in [3.63, 3.8) is 0 Å². The molecule has 18 heavy (non-hydrogen) atoms. The highest BCUT2D eigenvalue weighted by molar-refractivity contribution is 5.84. The summed E-state index contributed by atoms with van der Waals surface area (Å²) in [6, 6.07) is 0. The van der Waals surface area contributed by atoms with E-state index in [0.717, 1.165) is 0 Å². The second-order valence-corrected chi connectivity index (χ2v) is 4.67. The quantitative estimate of drug-likeness (QED) is 0.751. The van der Waals surface area contributed by atoms with E-state index in [-0.39, 0.29) is 26.2 Å². The van der Waals surface area contributed by atoms with Crippen molar-refractivity contribution in [1.82, 2.24) is 4.90 Å². The summed E-state index contributed by atoms with van der Waals surface area (Å²) in [6.45, 7) is -0.343. The van der Waals surface area contributed by atoms with Crippen LogP contribution < -0.4 is 0 Å². The molecule has 2 saturated heterocycles. The Labute approximate surface area is 100 Å². The Bertz CT molecular complexity index is 384. The van der Waals surface area contributed by atoms with Crippen LogP contribution >= 0.6 is 0 Å². The predicted octanol–water partition coefficient (Wildman–Crippen LogP) is 0.498. The maximum atomic E-state index is 12.3. The predicted molar refractivity (Wildman–Crippen MR) is 51.6 cm³/mol. The Kier molecular flexibility index (Phi) is 3.00. The molecule has 2 aliphatic heterocycles. The van der Waals surface area contributed by atoms with Gasteiger partial charge in [-0.2, -0.15) is 13.2 Å². The zero-order valence-electron chi connectivity index (χ0n) is 9.37. The van der Waals surface area contributed by atoms with E-state index in [9.17, 15) is 27.9 Å². The van der Waals surface area contributed by atoms with Crippen LogP contribution in [-0.2, 0) is 14.3 Å². The van der Waals surface area contributed by atoms with E-state index in [1.807, 2.05) is 0 Å². The lowest BCUT2D eigenvalue weighted by atomic mass is 9.74. The molecule has 2 heterocycles. The van der Waals surface area contributed by atoms with Crippen LogP contribution in [0.4, 0.5) is 13.2 Å². The monoisotopic (exact) mass is 267 g/mol. The van der Waals surface area contributed by atoms with Gasteiger partial charge in [-0.3, -0.25) is 9.59 Å². The topological polar surface area (TPSA) is 66.8 Å². The molecule has 0 spiro atoms. The van der Waals surface area contributed by atoms with Crippen LogP contribution in [0, 0.1) is 11.3 Å². The second-order valence-electron chi connectivity index (χ2n) is 4.67. The Hall–Kier alpha value is -1.31. The number of nitrogens with zero attached hydrogens (tertiary/aromatic N) is 1. The fourth-order valence-electron chi connectivity index (χ4n) is 2.63. The molecule has 102 valence electrons. The van der Waals surface area contributed by atoms with E-state index < -0.39 is 35.9 Å². The lowest BCUT2D eigenvalue weighted by Gasteiger charge is -2.33. The molecule has 0 aromatic rings.